The number of amides is 2. The average molecular weight is 240 g/mol. The number of benzene rings is 1. The highest BCUT2D eigenvalue weighted by molar-refractivity contribution is 6.12. The molecule has 3 rings (SSSR count). The lowest BCUT2D eigenvalue weighted by atomic mass is 10.2. The SMILES string of the molecule is O=C1C=CC(=O)N1CCn1ccc2ccccc21. The molecule has 2 aromatic rings. The number of carbonyl (C=O) groups excluding carboxylic acids is 2. The first kappa shape index (κ1) is 10.8. The van der Waals surface area contributed by atoms with Crippen molar-refractivity contribution in [3.05, 3.63) is 48.7 Å². The quantitative estimate of drug-likeness (QED) is 0.764. The molecule has 0 N–H and O–H groups in total. The first-order valence-electron chi connectivity index (χ1n) is 5.83. The number of para-hydroxylation sites is 1. The summed E-state index contributed by atoms with van der Waals surface area (Å²) in [7, 11) is 0. The number of hydrogen-bond donors (Lipinski definition) is 0. The molecular weight excluding hydrogens is 228 g/mol. The molecule has 4 nitrogen and oxygen atoms in total. The van der Waals surface area contributed by atoms with Gasteiger partial charge >= 0.3 is 0 Å². The van der Waals surface area contributed by atoms with E-state index in [-0.39, 0.29) is 11.8 Å². The van der Waals surface area contributed by atoms with Gasteiger partial charge in [0.15, 0.2) is 0 Å². The minimum absolute atomic E-state index is 0.225. The summed E-state index contributed by atoms with van der Waals surface area (Å²) < 4.78 is 2.05. The highest BCUT2D eigenvalue weighted by atomic mass is 16.2. The Morgan fingerprint density at radius 2 is 1.61 bits per heavy atom. The molecule has 0 unspecified atom stereocenters. The Morgan fingerprint density at radius 1 is 0.889 bits per heavy atom. The average Bonchev–Trinajstić information content (AvgIpc) is 2.93. The molecule has 0 spiro atoms. The molecule has 18 heavy (non-hydrogen) atoms. The lowest BCUT2D eigenvalue weighted by molar-refractivity contribution is -0.136. The molecule has 1 aromatic carbocycles. The van der Waals surface area contributed by atoms with Crippen LogP contribution in [0.25, 0.3) is 10.9 Å². The summed E-state index contributed by atoms with van der Waals surface area (Å²) in [5.41, 5.74) is 1.12. The lowest BCUT2D eigenvalue weighted by Gasteiger charge is -2.14. The Labute approximate surface area is 104 Å². The Bertz CT molecular complexity index is 637. The van der Waals surface area contributed by atoms with Crippen LogP contribution in [-0.4, -0.2) is 27.8 Å². The van der Waals surface area contributed by atoms with Crippen LogP contribution in [-0.2, 0) is 16.1 Å². The van der Waals surface area contributed by atoms with Gasteiger partial charge in [0, 0.05) is 37.0 Å². The van der Waals surface area contributed by atoms with E-state index in [2.05, 4.69) is 0 Å². The maximum absolute atomic E-state index is 11.4. The molecule has 1 aliphatic rings. The second-order valence-electron chi connectivity index (χ2n) is 4.23. The van der Waals surface area contributed by atoms with E-state index in [4.69, 9.17) is 0 Å². The standard InChI is InChI=1S/C14H12N2O2/c17-13-5-6-14(18)16(13)10-9-15-8-7-11-3-1-2-4-12(11)15/h1-8H,9-10H2. The van der Waals surface area contributed by atoms with Crippen molar-refractivity contribution in [1.29, 1.82) is 0 Å². The van der Waals surface area contributed by atoms with Crippen LogP contribution in [0.3, 0.4) is 0 Å². The predicted molar refractivity (Wildman–Crippen MR) is 67.8 cm³/mol. The third-order valence-corrected chi connectivity index (χ3v) is 3.15. The second kappa shape index (κ2) is 4.14. The van der Waals surface area contributed by atoms with Crippen molar-refractivity contribution < 1.29 is 9.59 Å². The van der Waals surface area contributed by atoms with Gasteiger partial charge in [0.05, 0.1) is 0 Å². The Hall–Kier alpha value is -2.36. The summed E-state index contributed by atoms with van der Waals surface area (Å²) in [4.78, 5) is 24.1. The van der Waals surface area contributed by atoms with Gasteiger partial charge in [-0.3, -0.25) is 14.5 Å². The van der Waals surface area contributed by atoms with Gasteiger partial charge < -0.3 is 4.57 Å². The van der Waals surface area contributed by atoms with Gasteiger partial charge in [0.25, 0.3) is 11.8 Å². The Morgan fingerprint density at radius 3 is 2.39 bits per heavy atom. The van der Waals surface area contributed by atoms with Crippen molar-refractivity contribution in [2.24, 2.45) is 0 Å². The van der Waals surface area contributed by atoms with Crippen molar-refractivity contribution in [1.82, 2.24) is 9.47 Å². The smallest absolute Gasteiger partial charge is 0.253 e. The summed E-state index contributed by atoms with van der Waals surface area (Å²) in [6.07, 6.45) is 4.61. The third-order valence-electron chi connectivity index (χ3n) is 3.15. The summed E-state index contributed by atoms with van der Waals surface area (Å²) in [6.45, 7) is 1.02. The highest BCUT2D eigenvalue weighted by Crippen LogP contribution is 2.15. The molecule has 0 fully saturated rings. The fraction of sp³-hybridized carbons (Fsp3) is 0.143. The van der Waals surface area contributed by atoms with Crippen LogP contribution in [0, 0.1) is 0 Å². The van der Waals surface area contributed by atoms with Crippen LogP contribution in [0.4, 0.5) is 0 Å². The summed E-state index contributed by atoms with van der Waals surface area (Å²) in [5, 5.41) is 1.16. The van der Waals surface area contributed by atoms with Crippen molar-refractivity contribution in [2.45, 2.75) is 6.54 Å². The molecule has 0 saturated heterocycles. The zero-order valence-electron chi connectivity index (χ0n) is 9.74. The van der Waals surface area contributed by atoms with Crippen LogP contribution in [0.2, 0.25) is 0 Å². The molecule has 0 radical (unpaired) electrons. The van der Waals surface area contributed by atoms with E-state index in [1.54, 1.807) is 0 Å². The summed E-state index contributed by atoms with van der Waals surface area (Å²) in [5.74, 6) is -0.451. The van der Waals surface area contributed by atoms with Gasteiger partial charge in [0.2, 0.25) is 0 Å². The minimum atomic E-state index is -0.225. The number of hydrogen-bond acceptors (Lipinski definition) is 2. The molecule has 0 aliphatic carbocycles. The number of carbonyl (C=O) groups is 2. The zero-order chi connectivity index (χ0) is 12.5. The third kappa shape index (κ3) is 1.72. The molecule has 2 amide bonds. The summed E-state index contributed by atoms with van der Waals surface area (Å²) >= 11 is 0. The number of aromatic nitrogens is 1. The monoisotopic (exact) mass is 240 g/mol. The maximum Gasteiger partial charge on any atom is 0.253 e. The van der Waals surface area contributed by atoms with Gasteiger partial charge in [-0.1, -0.05) is 18.2 Å². The van der Waals surface area contributed by atoms with Gasteiger partial charge in [-0.2, -0.15) is 0 Å². The fourth-order valence-corrected chi connectivity index (χ4v) is 2.19. The number of imide groups is 1. The molecule has 0 atom stereocenters. The number of rotatable bonds is 3. The van der Waals surface area contributed by atoms with Crippen molar-refractivity contribution in [3.63, 3.8) is 0 Å². The van der Waals surface area contributed by atoms with E-state index in [1.807, 2.05) is 41.1 Å². The molecule has 0 saturated carbocycles. The van der Waals surface area contributed by atoms with E-state index in [0.29, 0.717) is 13.1 Å². The summed E-state index contributed by atoms with van der Waals surface area (Å²) in [6, 6.07) is 10.1. The molecule has 4 heteroatoms. The molecule has 0 bridgehead atoms. The molecular formula is C14H12N2O2. The highest BCUT2D eigenvalue weighted by Gasteiger charge is 2.22. The van der Waals surface area contributed by atoms with Crippen LogP contribution >= 0.6 is 0 Å². The second-order valence-corrected chi connectivity index (χ2v) is 4.23. The topological polar surface area (TPSA) is 42.3 Å². The first-order valence-corrected chi connectivity index (χ1v) is 5.83. The molecule has 2 heterocycles. The van der Waals surface area contributed by atoms with Crippen LogP contribution < -0.4 is 0 Å². The molecule has 90 valence electrons. The Kier molecular flexibility index (Phi) is 2.48. The molecule has 1 aliphatic heterocycles. The van der Waals surface area contributed by atoms with Crippen LogP contribution in [0.1, 0.15) is 0 Å². The first-order chi connectivity index (χ1) is 8.75. The lowest BCUT2D eigenvalue weighted by Crippen LogP contribution is -2.32. The number of nitrogens with zero attached hydrogens (tertiary/aromatic N) is 2. The zero-order valence-corrected chi connectivity index (χ0v) is 9.74. The fourth-order valence-electron chi connectivity index (χ4n) is 2.19. The maximum atomic E-state index is 11.4. The van der Waals surface area contributed by atoms with Gasteiger partial charge in [0.1, 0.15) is 0 Å². The minimum Gasteiger partial charge on any atom is -0.346 e. The van der Waals surface area contributed by atoms with Crippen molar-refractivity contribution >= 4 is 22.7 Å². The normalized spacial score (nSPS) is 15.0. The largest absolute Gasteiger partial charge is 0.346 e. The van der Waals surface area contributed by atoms with E-state index in [9.17, 15) is 9.59 Å². The van der Waals surface area contributed by atoms with Gasteiger partial charge in [-0.05, 0) is 17.5 Å². The molecule has 1 aromatic heterocycles. The van der Waals surface area contributed by atoms with Crippen LogP contribution in [0.15, 0.2) is 48.7 Å². The van der Waals surface area contributed by atoms with Gasteiger partial charge in [-0.25, -0.2) is 0 Å². The van der Waals surface area contributed by atoms with Crippen molar-refractivity contribution in [2.75, 3.05) is 6.54 Å². The van der Waals surface area contributed by atoms with Gasteiger partial charge in [-0.15, -0.1) is 0 Å². The van der Waals surface area contributed by atoms with E-state index >= 15 is 0 Å². The van der Waals surface area contributed by atoms with E-state index in [0.717, 1.165) is 10.9 Å². The van der Waals surface area contributed by atoms with Crippen molar-refractivity contribution in [3.8, 4) is 0 Å². The van der Waals surface area contributed by atoms with E-state index in [1.165, 1.54) is 17.1 Å². The van der Waals surface area contributed by atoms with Crippen LogP contribution in [0.5, 0.6) is 0 Å². The van der Waals surface area contributed by atoms with E-state index < -0.39 is 0 Å². The Balaban J connectivity index is 1.78. The predicted octanol–water partition coefficient (Wildman–Crippen LogP) is 1.57. The number of fused-ring (bicyclic) bond motifs is 1.